The number of carbonyl (C=O) groups is 1. The lowest BCUT2D eigenvalue weighted by molar-refractivity contribution is -0.386. The van der Waals surface area contributed by atoms with Gasteiger partial charge in [-0.3, -0.25) is 14.9 Å². The number of benzene rings is 1. The number of hydrogen-bond donors (Lipinski definition) is 1. The van der Waals surface area contributed by atoms with Crippen LogP contribution in [0.25, 0.3) is 0 Å². The number of nitrogens with zero attached hydrogens (tertiary/aromatic N) is 2. The number of aliphatic hydroxyl groups excluding tert-OH is 1. The van der Waals surface area contributed by atoms with Crippen LogP contribution in [-0.2, 0) is 9.53 Å². The van der Waals surface area contributed by atoms with Crippen molar-refractivity contribution >= 4 is 11.7 Å². The quantitative estimate of drug-likeness (QED) is 0.466. The van der Waals surface area contributed by atoms with Crippen LogP contribution in [-0.4, -0.2) is 47.1 Å². The summed E-state index contributed by atoms with van der Waals surface area (Å²) in [7, 11) is 0. The maximum Gasteiger partial charge on any atom is 0.313 e. The summed E-state index contributed by atoms with van der Waals surface area (Å²) in [5.41, 5.74) is -0.0319. The minimum Gasteiger partial charge on any atom is -0.466 e. The lowest BCUT2D eigenvalue weighted by Crippen LogP contribution is -2.40. The van der Waals surface area contributed by atoms with E-state index >= 15 is 0 Å². The van der Waals surface area contributed by atoms with E-state index in [4.69, 9.17) is 4.74 Å². The van der Waals surface area contributed by atoms with Crippen LogP contribution in [0.15, 0.2) is 24.3 Å². The Morgan fingerprint density at radius 2 is 2.00 bits per heavy atom. The van der Waals surface area contributed by atoms with Crippen LogP contribution < -0.4 is 0 Å². The molecule has 0 bridgehead atoms. The Morgan fingerprint density at radius 3 is 2.62 bits per heavy atom. The molecule has 1 aliphatic rings. The van der Waals surface area contributed by atoms with Crippen molar-refractivity contribution in [2.45, 2.75) is 32.3 Å². The Balaban J connectivity index is 2.24. The van der Waals surface area contributed by atoms with Gasteiger partial charge in [-0.2, -0.15) is 0 Å². The minimum atomic E-state index is -1.27. The number of rotatable bonds is 7. The first-order valence-electron chi connectivity index (χ1n) is 8.35. The molecule has 0 radical (unpaired) electrons. The Hall–Kier alpha value is -1.99. The van der Waals surface area contributed by atoms with Gasteiger partial charge in [0, 0.05) is 12.6 Å². The summed E-state index contributed by atoms with van der Waals surface area (Å²) in [4.78, 5) is 25.1. The summed E-state index contributed by atoms with van der Waals surface area (Å²) in [5, 5.41) is 21.9. The Morgan fingerprint density at radius 1 is 1.33 bits per heavy atom. The monoisotopic (exact) mass is 336 g/mol. The number of esters is 1. The molecule has 7 nitrogen and oxygen atoms in total. The average molecular weight is 336 g/mol. The molecular weight excluding hydrogens is 312 g/mol. The van der Waals surface area contributed by atoms with E-state index in [1.54, 1.807) is 19.1 Å². The summed E-state index contributed by atoms with van der Waals surface area (Å²) in [6.07, 6.45) is 1.99. The summed E-state index contributed by atoms with van der Waals surface area (Å²) in [5.74, 6) is -1.36. The maximum absolute atomic E-state index is 12.3. The highest BCUT2D eigenvalue weighted by Gasteiger charge is 2.35. The maximum atomic E-state index is 12.3. The first-order valence-corrected chi connectivity index (χ1v) is 8.35. The number of aliphatic hydroxyl groups is 1. The van der Waals surface area contributed by atoms with Gasteiger partial charge in [0.2, 0.25) is 0 Å². The van der Waals surface area contributed by atoms with Gasteiger partial charge < -0.3 is 14.7 Å². The van der Waals surface area contributed by atoms with Crippen molar-refractivity contribution in [1.82, 2.24) is 4.90 Å². The highest BCUT2D eigenvalue weighted by Crippen LogP contribution is 2.31. The SMILES string of the molecule is CCOC(=O)C(CN1CCCCC1)C(O)c1ccccc1[N+](=O)[O-]. The molecule has 24 heavy (non-hydrogen) atoms. The first-order chi connectivity index (χ1) is 11.5. The van der Waals surface area contributed by atoms with Crippen LogP contribution in [0, 0.1) is 16.0 Å². The smallest absolute Gasteiger partial charge is 0.313 e. The summed E-state index contributed by atoms with van der Waals surface area (Å²) < 4.78 is 5.09. The molecule has 1 aromatic rings. The number of hydrogen-bond acceptors (Lipinski definition) is 6. The fourth-order valence-electron chi connectivity index (χ4n) is 3.09. The molecule has 2 unspecified atom stereocenters. The standard InChI is InChI=1S/C17H24N2O5/c1-2-24-17(21)14(12-18-10-6-3-7-11-18)16(20)13-8-4-5-9-15(13)19(22)23/h4-5,8-9,14,16,20H,2-3,6-7,10-12H2,1H3. The number of likely N-dealkylation sites (tertiary alicyclic amines) is 1. The molecule has 2 rings (SSSR count). The molecule has 1 saturated heterocycles. The van der Waals surface area contributed by atoms with Crippen molar-refractivity contribution in [2.24, 2.45) is 5.92 Å². The molecule has 1 aromatic carbocycles. The van der Waals surface area contributed by atoms with Gasteiger partial charge in [0.25, 0.3) is 5.69 Å². The Labute approximate surface area is 141 Å². The fraction of sp³-hybridized carbons (Fsp3) is 0.588. The van der Waals surface area contributed by atoms with E-state index in [0.29, 0.717) is 6.54 Å². The molecule has 1 N–H and O–H groups in total. The number of piperidine rings is 1. The molecule has 7 heteroatoms. The van der Waals surface area contributed by atoms with Crippen LogP contribution in [0.3, 0.4) is 0 Å². The predicted molar refractivity (Wildman–Crippen MR) is 88.5 cm³/mol. The number of ether oxygens (including phenoxy) is 1. The topological polar surface area (TPSA) is 92.9 Å². The molecule has 0 spiro atoms. The number of para-hydroxylation sites is 1. The van der Waals surface area contributed by atoms with E-state index in [1.165, 1.54) is 12.1 Å². The van der Waals surface area contributed by atoms with Gasteiger partial charge in [0.05, 0.1) is 23.0 Å². The second-order valence-electron chi connectivity index (χ2n) is 5.98. The zero-order valence-corrected chi connectivity index (χ0v) is 13.9. The molecule has 0 amide bonds. The fourth-order valence-corrected chi connectivity index (χ4v) is 3.09. The van der Waals surface area contributed by atoms with Crippen molar-refractivity contribution in [1.29, 1.82) is 0 Å². The highest BCUT2D eigenvalue weighted by atomic mass is 16.6. The molecule has 1 fully saturated rings. The van der Waals surface area contributed by atoms with Gasteiger partial charge in [-0.1, -0.05) is 18.6 Å². The van der Waals surface area contributed by atoms with E-state index < -0.39 is 22.9 Å². The molecule has 132 valence electrons. The second-order valence-corrected chi connectivity index (χ2v) is 5.98. The van der Waals surface area contributed by atoms with Crippen molar-refractivity contribution < 1.29 is 19.6 Å². The van der Waals surface area contributed by atoms with E-state index in [1.807, 2.05) is 0 Å². The van der Waals surface area contributed by atoms with E-state index in [9.17, 15) is 20.0 Å². The predicted octanol–water partition coefficient (Wildman–Crippen LogP) is 2.29. The van der Waals surface area contributed by atoms with Crippen LogP contribution in [0.4, 0.5) is 5.69 Å². The van der Waals surface area contributed by atoms with Gasteiger partial charge in [-0.25, -0.2) is 0 Å². The molecule has 1 aliphatic heterocycles. The molecule has 0 aromatic heterocycles. The number of nitro benzene ring substituents is 1. The van der Waals surface area contributed by atoms with Crippen molar-refractivity contribution in [2.75, 3.05) is 26.2 Å². The largest absolute Gasteiger partial charge is 0.466 e. The minimum absolute atomic E-state index is 0.151. The van der Waals surface area contributed by atoms with E-state index in [-0.39, 0.29) is 17.9 Å². The van der Waals surface area contributed by atoms with Gasteiger partial charge in [-0.15, -0.1) is 0 Å². The van der Waals surface area contributed by atoms with Crippen LogP contribution in [0.5, 0.6) is 0 Å². The average Bonchev–Trinajstić information content (AvgIpc) is 2.60. The lowest BCUT2D eigenvalue weighted by Gasteiger charge is -2.31. The molecular formula is C17H24N2O5. The zero-order valence-electron chi connectivity index (χ0n) is 13.9. The Kier molecular flexibility index (Phi) is 6.69. The van der Waals surface area contributed by atoms with Gasteiger partial charge >= 0.3 is 5.97 Å². The van der Waals surface area contributed by atoms with Gasteiger partial charge in [0.1, 0.15) is 6.10 Å². The molecule has 2 atom stereocenters. The molecule has 1 heterocycles. The van der Waals surface area contributed by atoms with Crippen LogP contribution >= 0.6 is 0 Å². The third-order valence-corrected chi connectivity index (χ3v) is 4.33. The molecule has 0 aliphatic carbocycles. The van der Waals surface area contributed by atoms with Gasteiger partial charge in [-0.05, 0) is 38.9 Å². The summed E-state index contributed by atoms with van der Waals surface area (Å²) >= 11 is 0. The van der Waals surface area contributed by atoms with Crippen molar-refractivity contribution in [3.8, 4) is 0 Å². The summed E-state index contributed by atoms with van der Waals surface area (Å²) in [6, 6.07) is 5.99. The lowest BCUT2D eigenvalue weighted by atomic mass is 9.93. The normalized spacial score (nSPS) is 17.9. The van der Waals surface area contributed by atoms with E-state index in [2.05, 4.69) is 4.90 Å². The molecule has 0 saturated carbocycles. The number of carbonyl (C=O) groups excluding carboxylic acids is 1. The number of nitro groups is 1. The second kappa shape index (κ2) is 8.75. The third-order valence-electron chi connectivity index (χ3n) is 4.33. The van der Waals surface area contributed by atoms with Crippen LogP contribution in [0.1, 0.15) is 37.9 Å². The van der Waals surface area contributed by atoms with Gasteiger partial charge in [0.15, 0.2) is 0 Å². The van der Waals surface area contributed by atoms with Crippen LogP contribution in [0.2, 0.25) is 0 Å². The third kappa shape index (κ3) is 4.52. The first kappa shape index (κ1) is 18.4. The van der Waals surface area contributed by atoms with E-state index in [0.717, 1.165) is 32.4 Å². The van der Waals surface area contributed by atoms with Crippen molar-refractivity contribution in [3.05, 3.63) is 39.9 Å². The zero-order chi connectivity index (χ0) is 17.5. The Bertz CT molecular complexity index is 572. The summed E-state index contributed by atoms with van der Waals surface area (Å²) in [6.45, 7) is 3.97. The highest BCUT2D eigenvalue weighted by molar-refractivity contribution is 5.74. The van der Waals surface area contributed by atoms with Crippen molar-refractivity contribution in [3.63, 3.8) is 0 Å².